The van der Waals surface area contributed by atoms with Crippen molar-refractivity contribution in [3.05, 3.63) is 75.2 Å². The highest BCUT2D eigenvalue weighted by Gasteiger charge is 2.27. The van der Waals surface area contributed by atoms with Crippen molar-refractivity contribution in [1.29, 1.82) is 0 Å². The van der Waals surface area contributed by atoms with Crippen LogP contribution in [0.3, 0.4) is 0 Å². The molecule has 0 saturated carbocycles. The molecule has 4 nitrogen and oxygen atoms in total. The van der Waals surface area contributed by atoms with Crippen LogP contribution >= 0.6 is 11.3 Å². The molecule has 0 unspecified atom stereocenters. The van der Waals surface area contributed by atoms with E-state index in [1.165, 1.54) is 13.2 Å². The number of benzene rings is 2. The lowest BCUT2D eigenvalue weighted by Gasteiger charge is -2.09. The number of nitrogens with one attached hydrogen (secondary N) is 1. The molecule has 0 fully saturated rings. The van der Waals surface area contributed by atoms with Gasteiger partial charge < -0.3 is 14.8 Å². The molecule has 3 aromatic rings. The lowest BCUT2D eigenvalue weighted by atomic mass is 10.2. The van der Waals surface area contributed by atoms with E-state index >= 15 is 0 Å². The molecule has 0 aliphatic carbocycles. The number of methoxy groups -OCH3 is 1. The van der Waals surface area contributed by atoms with Crippen LogP contribution in [0.25, 0.3) is 0 Å². The van der Waals surface area contributed by atoms with Crippen LogP contribution in [-0.4, -0.2) is 13.0 Å². The average molecular weight is 429 g/mol. The van der Waals surface area contributed by atoms with E-state index < -0.39 is 40.7 Å². The monoisotopic (exact) mass is 429 g/mol. The molecule has 0 saturated heterocycles. The summed E-state index contributed by atoms with van der Waals surface area (Å²) in [5.74, 6) is -10.9. The lowest BCUT2D eigenvalue weighted by Crippen LogP contribution is -2.16. The first-order valence-electron chi connectivity index (χ1n) is 7.99. The molecule has 0 spiro atoms. The molecule has 0 radical (unpaired) electrons. The lowest BCUT2D eigenvalue weighted by molar-refractivity contribution is 0.102. The fourth-order valence-corrected chi connectivity index (χ4v) is 3.15. The molecular weight excluding hydrogens is 417 g/mol. The van der Waals surface area contributed by atoms with Gasteiger partial charge in [0.1, 0.15) is 12.3 Å². The maximum atomic E-state index is 13.7. The number of carbonyl (C=O) groups is 1. The number of ether oxygens (including phenoxy) is 2. The molecule has 29 heavy (non-hydrogen) atoms. The van der Waals surface area contributed by atoms with Crippen LogP contribution in [0.2, 0.25) is 0 Å². The van der Waals surface area contributed by atoms with Crippen molar-refractivity contribution in [2.75, 3.05) is 12.4 Å². The summed E-state index contributed by atoms with van der Waals surface area (Å²) in [5, 5.41) is 3.28. The number of amides is 1. The first-order valence-corrected chi connectivity index (χ1v) is 8.87. The van der Waals surface area contributed by atoms with Gasteiger partial charge in [0.2, 0.25) is 5.82 Å². The SMILES string of the molecule is COc1ccccc1OCc1csc(C(=O)Nc2c(F)c(F)c(F)c(F)c2F)c1. The topological polar surface area (TPSA) is 47.6 Å². The van der Waals surface area contributed by atoms with E-state index in [1.807, 2.05) is 0 Å². The Morgan fingerprint density at radius 2 is 1.55 bits per heavy atom. The van der Waals surface area contributed by atoms with Crippen LogP contribution in [0.15, 0.2) is 35.7 Å². The second-order valence-electron chi connectivity index (χ2n) is 5.66. The Morgan fingerprint density at radius 1 is 0.966 bits per heavy atom. The van der Waals surface area contributed by atoms with Crippen molar-refractivity contribution < 1.29 is 36.2 Å². The minimum absolute atomic E-state index is 0.00688. The van der Waals surface area contributed by atoms with E-state index in [1.54, 1.807) is 35.0 Å². The molecule has 0 bridgehead atoms. The Balaban J connectivity index is 1.74. The van der Waals surface area contributed by atoms with Gasteiger partial charge in [0.15, 0.2) is 34.8 Å². The van der Waals surface area contributed by atoms with Gasteiger partial charge in [-0.3, -0.25) is 4.79 Å². The van der Waals surface area contributed by atoms with E-state index in [0.717, 1.165) is 11.3 Å². The number of carbonyl (C=O) groups excluding carboxylic acids is 1. The van der Waals surface area contributed by atoms with Crippen LogP contribution in [-0.2, 0) is 6.61 Å². The highest BCUT2D eigenvalue weighted by Crippen LogP contribution is 2.29. The highest BCUT2D eigenvalue weighted by molar-refractivity contribution is 7.12. The van der Waals surface area contributed by atoms with Crippen molar-refractivity contribution in [3.8, 4) is 11.5 Å². The second kappa shape index (κ2) is 8.48. The fourth-order valence-electron chi connectivity index (χ4n) is 2.36. The molecule has 0 atom stereocenters. The molecule has 3 rings (SSSR count). The molecule has 10 heteroatoms. The van der Waals surface area contributed by atoms with Crippen LogP contribution < -0.4 is 14.8 Å². The van der Waals surface area contributed by atoms with Gasteiger partial charge in [-0.05, 0) is 23.6 Å². The van der Waals surface area contributed by atoms with Crippen molar-refractivity contribution in [3.63, 3.8) is 0 Å². The molecule has 1 aromatic heterocycles. The van der Waals surface area contributed by atoms with Crippen LogP contribution in [0.1, 0.15) is 15.2 Å². The normalized spacial score (nSPS) is 10.7. The zero-order valence-corrected chi connectivity index (χ0v) is 15.5. The molecule has 0 aliphatic heterocycles. The van der Waals surface area contributed by atoms with Gasteiger partial charge in [-0.2, -0.15) is 0 Å². The van der Waals surface area contributed by atoms with Crippen LogP contribution in [0, 0.1) is 29.1 Å². The van der Waals surface area contributed by atoms with Gasteiger partial charge in [0, 0.05) is 5.56 Å². The fraction of sp³-hybridized carbons (Fsp3) is 0.105. The number of halogens is 5. The summed E-state index contributed by atoms with van der Waals surface area (Å²) in [6.45, 7) is 0.0622. The Bertz CT molecular complexity index is 1040. The Labute approximate surface area is 165 Å². The van der Waals surface area contributed by atoms with Gasteiger partial charge in [0.05, 0.1) is 12.0 Å². The second-order valence-corrected chi connectivity index (χ2v) is 6.57. The summed E-state index contributed by atoms with van der Waals surface area (Å²) in [6.07, 6.45) is 0. The largest absolute Gasteiger partial charge is 0.493 e. The summed E-state index contributed by atoms with van der Waals surface area (Å²) in [5.41, 5.74) is -0.852. The smallest absolute Gasteiger partial charge is 0.265 e. The van der Waals surface area contributed by atoms with Gasteiger partial charge in [0.25, 0.3) is 5.91 Å². The van der Waals surface area contributed by atoms with E-state index in [2.05, 4.69) is 0 Å². The predicted octanol–water partition coefficient (Wildman–Crippen LogP) is 5.28. The third-order valence-electron chi connectivity index (χ3n) is 3.79. The third kappa shape index (κ3) is 4.16. The van der Waals surface area contributed by atoms with E-state index in [0.29, 0.717) is 17.1 Å². The van der Waals surface area contributed by atoms with Crippen LogP contribution in [0.4, 0.5) is 27.6 Å². The Morgan fingerprint density at radius 3 is 2.17 bits per heavy atom. The summed E-state index contributed by atoms with van der Waals surface area (Å²) in [6, 6.07) is 8.27. The first-order chi connectivity index (χ1) is 13.8. The highest BCUT2D eigenvalue weighted by atomic mass is 32.1. The molecule has 2 aromatic carbocycles. The molecule has 1 N–H and O–H groups in total. The van der Waals surface area contributed by atoms with Crippen molar-refractivity contribution >= 4 is 22.9 Å². The van der Waals surface area contributed by atoms with Gasteiger partial charge in [-0.25, -0.2) is 22.0 Å². The Kier molecular flexibility index (Phi) is 6.02. The van der Waals surface area contributed by atoms with Gasteiger partial charge >= 0.3 is 0 Å². The standard InChI is InChI=1S/C19H12F5NO3S/c1-27-10-4-2-3-5-11(10)28-7-9-6-12(29-8-9)19(26)25-18-16(23)14(21)13(20)15(22)17(18)24/h2-6,8H,7H2,1H3,(H,25,26). The van der Waals surface area contributed by atoms with Crippen molar-refractivity contribution in [1.82, 2.24) is 0 Å². The molecule has 152 valence electrons. The molecule has 1 amide bonds. The van der Waals surface area contributed by atoms with Crippen LogP contribution in [0.5, 0.6) is 11.5 Å². The number of para-hydroxylation sites is 2. The number of anilines is 1. The minimum Gasteiger partial charge on any atom is -0.493 e. The number of hydrogen-bond donors (Lipinski definition) is 1. The number of hydrogen-bond acceptors (Lipinski definition) is 4. The molecule has 0 aliphatic rings. The van der Waals surface area contributed by atoms with E-state index in [-0.39, 0.29) is 11.5 Å². The average Bonchev–Trinajstić information content (AvgIpc) is 3.21. The summed E-state index contributed by atoms with van der Waals surface area (Å²) in [4.78, 5) is 12.2. The summed E-state index contributed by atoms with van der Waals surface area (Å²) < 4.78 is 77.7. The van der Waals surface area contributed by atoms with Gasteiger partial charge in [-0.1, -0.05) is 12.1 Å². The zero-order valence-electron chi connectivity index (χ0n) is 14.7. The maximum Gasteiger partial charge on any atom is 0.265 e. The van der Waals surface area contributed by atoms with E-state index in [9.17, 15) is 26.7 Å². The van der Waals surface area contributed by atoms with Crippen molar-refractivity contribution in [2.45, 2.75) is 6.61 Å². The summed E-state index contributed by atoms with van der Waals surface area (Å²) in [7, 11) is 1.48. The number of rotatable bonds is 6. The third-order valence-corrected chi connectivity index (χ3v) is 4.77. The quantitative estimate of drug-likeness (QED) is 0.329. The zero-order chi connectivity index (χ0) is 21.1. The first kappa shape index (κ1) is 20.6. The van der Waals surface area contributed by atoms with E-state index in [4.69, 9.17) is 9.47 Å². The molecular formula is C19H12F5NO3S. The number of thiophene rings is 1. The minimum atomic E-state index is -2.30. The summed E-state index contributed by atoms with van der Waals surface area (Å²) >= 11 is 0.915. The Hall–Kier alpha value is -3.14. The molecule has 1 heterocycles. The van der Waals surface area contributed by atoms with Crippen molar-refractivity contribution in [2.24, 2.45) is 0 Å². The predicted molar refractivity (Wildman–Crippen MR) is 95.8 cm³/mol. The van der Waals surface area contributed by atoms with Gasteiger partial charge in [-0.15, -0.1) is 11.3 Å². The maximum absolute atomic E-state index is 13.7.